The number of hydrogen-bond donors (Lipinski definition) is 1. The van der Waals surface area contributed by atoms with Crippen LogP contribution in [-0.4, -0.2) is 32.8 Å². The van der Waals surface area contributed by atoms with Crippen LogP contribution in [0.3, 0.4) is 0 Å². The summed E-state index contributed by atoms with van der Waals surface area (Å²) >= 11 is 12.4. The molecule has 0 saturated carbocycles. The maximum atomic E-state index is 14.8. The number of nitrogens with one attached hydrogen (secondary N) is 1. The first-order valence-corrected chi connectivity index (χ1v) is 11.1. The van der Waals surface area contributed by atoms with Gasteiger partial charge in [-0.2, -0.15) is 10.4 Å². The lowest BCUT2D eigenvalue weighted by atomic mass is 10.0. The van der Waals surface area contributed by atoms with Gasteiger partial charge in [0.25, 0.3) is 0 Å². The molecule has 3 aromatic heterocycles. The Morgan fingerprint density at radius 2 is 1.94 bits per heavy atom. The Morgan fingerprint density at radius 1 is 1.18 bits per heavy atom. The quantitative estimate of drug-likeness (QED) is 0.369. The highest BCUT2D eigenvalue weighted by Crippen LogP contribution is 2.37. The molecule has 7 nitrogen and oxygen atoms in total. The van der Waals surface area contributed by atoms with Crippen LogP contribution in [0.4, 0.5) is 14.6 Å². The predicted molar refractivity (Wildman–Crippen MR) is 124 cm³/mol. The van der Waals surface area contributed by atoms with Gasteiger partial charge in [0.15, 0.2) is 23.2 Å². The highest BCUT2D eigenvalue weighted by molar-refractivity contribution is 6.35. The Balaban J connectivity index is 1.49. The van der Waals surface area contributed by atoms with Crippen LogP contribution in [0.1, 0.15) is 25.0 Å². The van der Waals surface area contributed by atoms with Crippen LogP contribution in [0.5, 0.6) is 5.75 Å². The fourth-order valence-electron chi connectivity index (χ4n) is 3.93. The molecule has 4 aromatic rings. The standard InChI is InChI=1S/C23H16Cl2F2N6O/c1-11(21-15(24)9-29-10-16(21)25)34-20-5-14-19(6-17(20)26)31-32-22(14)12-4-18(27)23(30-8-12)33-3-2-13(33)7-28/h4-6,8-11,13H,2-3H2,1H3,(H,31,32). The van der Waals surface area contributed by atoms with Gasteiger partial charge in [0.2, 0.25) is 0 Å². The number of hydrogen-bond acceptors (Lipinski definition) is 6. The van der Waals surface area contributed by atoms with Crippen molar-refractivity contribution >= 4 is 39.9 Å². The van der Waals surface area contributed by atoms with Gasteiger partial charge in [-0.05, 0) is 25.5 Å². The molecule has 0 amide bonds. The number of nitriles is 1. The zero-order valence-electron chi connectivity index (χ0n) is 17.7. The van der Waals surface area contributed by atoms with E-state index in [1.807, 2.05) is 0 Å². The zero-order valence-corrected chi connectivity index (χ0v) is 19.2. The van der Waals surface area contributed by atoms with Crippen molar-refractivity contribution in [3.8, 4) is 23.1 Å². The summed E-state index contributed by atoms with van der Waals surface area (Å²) in [5, 5.41) is 17.2. The Bertz CT molecular complexity index is 1430. The number of pyridine rings is 2. The fraction of sp³-hybridized carbons (Fsp3) is 0.217. The topological polar surface area (TPSA) is 90.7 Å². The molecule has 0 bridgehead atoms. The highest BCUT2D eigenvalue weighted by Gasteiger charge is 2.31. The van der Waals surface area contributed by atoms with Crippen molar-refractivity contribution in [2.24, 2.45) is 0 Å². The molecule has 4 heterocycles. The lowest BCUT2D eigenvalue weighted by Crippen LogP contribution is -2.47. The molecule has 1 fully saturated rings. The smallest absolute Gasteiger partial charge is 0.167 e. The first-order valence-electron chi connectivity index (χ1n) is 10.3. The van der Waals surface area contributed by atoms with Crippen molar-refractivity contribution in [3.63, 3.8) is 0 Å². The average molecular weight is 501 g/mol. The Morgan fingerprint density at radius 3 is 2.59 bits per heavy atom. The van der Waals surface area contributed by atoms with Gasteiger partial charge in [0.05, 0.1) is 21.6 Å². The first-order chi connectivity index (χ1) is 16.4. The molecule has 1 N–H and O–H groups in total. The van der Waals surface area contributed by atoms with E-state index in [0.29, 0.717) is 50.7 Å². The molecule has 1 aromatic carbocycles. The number of aromatic nitrogens is 4. The van der Waals surface area contributed by atoms with Gasteiger partial charge < -0.3 is 9.64 Å². The normalized spacial score (nSPS) is 16.2. The van der Waals surface area contributed by atoms with Crippen LogP contribution in [0.15, 0.2) is 36.8 Å². The van der Waals surface area contributed by atoms with E-state index in [0.717, 1.165) is 0 Å². The van der Waals surface area contributed by atoms with Crippen LogP contribution in [0, 0.1) is 23.0 Å². The second-order valence-corrected chi connectivity index (χ2v) is 8.65. The Labute approximate surface area is 202 Å². The van der Waals surface area contributed by atoms with Gasteiger partial charge in [0, 0.05) is 47.7 Å². The molecule has 1 aliphatic rings. The predicted octanol–water partition coefficient (Wildman–Crippen LogP) is 5.85. The summed E-state index contributed by atoms with van der Waals surface area (Å²) in [5.74, 6) is -1.11. The Hall–Kier alpha value is -3.48. The number of ether oxygens (including phenoxy) is 1. The van der Waals surface area contributed by atoms with Crippen LogP contribution in [0.2, 0.25) is 10.0 Å². The maximum Gasteiger partial charge on any atom is 0.167 e. The summed E-state index contributed by atoms with van der Waals surface area (Å²) in [6, 6.07) is 5.77. The van der Waals surface area contributed by atoms with Crippen molar-refractivity contribution in [1.82, 2.24) is 20.2 Å². The van der Waals surface area contributed by atoms with Crippen molar-refractivity contribution < 1.29 is 13.5 Å². The molecule has 11 heteroatoms. The number of aromatic amines is 1. The largest absolute Gasteiger partial charge is 0.483 e. The van der Waals surface area contributed by atoms with E-state index < -0.39 is 17.7 Å². The summed E-state index contributed by atoms with van der Waals surface area (Å²) in [5.41, 5.74) is 1.66. The second-order valence-electron chi connectivity index (χ2n) is 7.83. The molecule has 2 unspecified atom stereocenters. The van der Waals surface area contributed by atoms with E-state index in [2.05, 4.69) is 26.2 Å². The van der Waals surface area contributed by atoms with Gasteiger partial charge in [-0.15, -0.1) is 0 Å². The SMILES string of the molecule is CC(Oc1cc2c(-c3cnc(N4CCC4C#N)c(F)c3)n[nH]c2cc1F)c1c(Cl)cncc1Cl. The maximum absolute atomic E-state index is 14.8. The molecule has 0 aliphatic carbocycles. The molecule has 2 atom stereocenters. The lowest BCUT2D eigenvalue weighted by Gasteiger charge is -2.37. The molecule has 34 heavy (non-hydrogen) atoms. The third-order valence-corrected chi connectivity index (χ3v) is 6.35. The van der Waals surface area contributed by atoms with E-state index in [1.54, 1.807) is 11.8 Å². The van der Waals surface area contributed by atoms with Gasteiger partial charge in [-0.25, -0.2) is 13.8 Å². The van der Waals surface area contributed by atoms with Crippen molar-refractivity contribution in [1.29, 1.82) is 5.26 Å². The third kappa shape index (κ3) is 3.79. The highest BCUT2D eigenvalue weighted by atomic mass is 35.5. The summed E-state index contributed by atoms with van der Waals surface area (Å²) in [7, 11) is 0. The third-order valence-electron chi connectivity index (χ3n) is 5.75. The number of anilines is 1. The molecule has 0 radical (unpaired) electrons. The zero-order chi connectivity index (χ0) is 24.0. The molecular formula is C23H16Cl2F2N6O. The van der Waals surface area contributed by atoms with Gasteiger partial charge in [-0.3, -0.25) is 10.1 Å². The minimum absolute atomic E-state index is 0.0471. The minimum atomic E-state index is -0.673. The van der Waals surface area contributed by atoms with Crippen molar-refractivity contribution in [3.05, 3.63) is 64.0 Å². The first kappa shape index (κ1) is 22.3. The number of benzene rings is 1. The fourth-order valence-corrected chi connectivity index (χ4v) is 4.61. The van der Waals surface area contributed by atoms with Crippen LogP contribution < -0.4 is 9.64 Å². The van der Waals surface area contributed by atoms with Crippen LogP contribution in [-0.2, 0) is 0 Å². The molecular weight excluding hydrogens is 485 g/mol. The van der Waals surface area contributed by atoms with E-state index in [9.17, 15) is 8.78 Å². The number of nitrogens with zero attached hydrogens (tertiary/aromatic N) is 5. The van der Waals surface area contributed by atoms with Crippen molar-refractivity contribution in [2.45, 2.75) is 25.5 Å². The Kier molecular flexibility index (Phi) is 5.71. The summed E-state index contributed by atoms with van der Waals surface area (Å²) < 4.78 is 35.5. The van der Waals surface area contributed by atoms with E-state index in [4.69, 9.17) is 33.2 Å². The molecule has 1 saturated heterocycles. The minimum Gasteiger partial charge on any atom is -0.483 e. The molecule has 172 valence electrons. The number of H-pyrrole nitrogens is 1. The monoisotopic (exact) mass is 500 g/mol. The lowest BCUT2D eigenvalue weighted by molar-refractivity contribution is 0.217. The van der Waals surface area contributed by atoms with Crippen molar-refractivity contribution in [2.75, 3.05) is 11.4 Å². The summed E-state index contributed by atoms with van der Waals surface area (Å²) in [4.78, 5) is 9.74. The molecule has 5 rings (SSSR count). The number of halogens is 4. The second kappa shape index (κ2) is 8.70. The molecule has 1 aliphatic heterocycles. The summed E-state index contributed by atoms with van der Waals surface area (Å²) in [6.07, 6.45) is 4.34. The number of fused-ring (bicyclic) bond motifs is 1. The van der Waals surface area contributed by atoms with Crippen LogP contribution >= 0.6 is 23.2 Å². The van der Waals surface area contributed by atoms with Gasteiger partial charge in [0.1, 0.15) is 17.8 Å². The van der Waals surface area contributed by atoms with Gasteiger partial charge in [-0.1, -0.05) is 23.2 Å². The van der Waals surface area contributed by atoms with E-state index in [1.165, 1.54) is 36.8 Å². The van der Waals surface area contributed by atoms with Crippen LogP contribution in [0.25, 0.3) is 22.2 Å². The van der Waals surface area contributed by atoms with Gasteiger partial charge >= 0.3 is 0 Å². The molecule has 0 spiro atoms. The van der Waals surface area contributed by atoms with E-state index >= 15 is 0 Å². The summed E-state index contributed by atoms with van der Waals surface area (Å²) in [6.45, 7) is 2.26. The number of rotatable bonds is 5. The average Bonchev–Trinajstić information content (AvgIpc) is 3.17. The van der Waals surface area contributed by atoms with E-state index in [-0.39, 0.29) is 17.6 Å².